The number of H-pyrrole nitrogens is 1. The maximum absolute atomic E-state index is 12.9. The maximum Gasteiger partial charge on any atom is 0.416 e. The third kappa shape index (κ3) is 4.09. The van der Waals surface area contributed by atoms with Gasteiger partial charge in [0.15, 0.2) is 17.7 Å². The van der Waals surface area contributed by atoms with Gasteiger partial charge in [0.05, 0.1) is 11.3 Å². The second-order valence-corrected chi connectivity index (χ2v) is 7.15. The van der Waals surface area contributed by atoms with Gasteiger partial charge in [-0.25, -0.2) is 4.98 Å². The number of benzene rings is 2. The molecular weight excluding hydrogens is 407 g/mol. The second kappa shape index (κ2) is 7.79. The van der Waals surface area contributed by atoms with E-state index in [4.69, 9.17) is 0 Å². The van der Waals surface area contributed by atoms with Crippen LogP contribution in [0.3, 0.4) is 0 Å². The first kappa shape index (κ1) is 20.5. The minimum absolute atomic E-state index is 0.00871. The Morgan fingerprint density at radius 3 is 2.65 bits per heavy atom. The molecule has 0 aliphatic rings. The number of aldehydes is 1. The molecule has 4 rings (SSSR count). The van der Waals surface area contributed by atoms with Crippen molar-refractivity contribution in [1.82, 2.24) is 15.2 Å². The Balaban J connectivity index is 1.64. The van der Waals surface area contributed by atoms with Gasteiger partial charge in [0.25, 0.3) is 0 Å². The minimum Gasteiger partial charge on any atom is -0.296 e. The largest absolute Gasteiger partial charge is 0.416 e. The SMILES string of the molecule is Cc1ccc(CC(=O)c2cccc(C(F)(F)F)c2)cc1-c1ccc2c(C=O)[nH]nc2n1. The molecule has 8 heteroatoms. The van der Waals surface area contributed by atoms with Crippen LogP contribution in [-0.2, 0) is 12.6 Å². The monoisotopic (exact) mass is 423 g/mol. The summed E-state index contributed by atoms with van der Waals surface area (Å²) in [6, 6.07) is 13.3. The van der Waals surface area contributed by atoms with Crippen molar-refractivity contribution in [3.05, 3.63) is 82.5 Å². The smallest absolute Gasteiger partial charge is 0.296 e. The van der Waals surface area contributed by atoms with Crippen molar-refractivity contribution >= 4 is 23.1 Å². The zero-order valence-corrected chi connectivity index (χ0v) is 16.3. The molecule has 156 valence electrons. The number of fused-ring (bicyclic) bond motifs is 1. The fourth-order valence-electron chi connectivity index (χ4n) is 3.37. The Hall–Kier alpha value is -3.81. The number of carbonyl (C=O) groups excluding carboxylic acids is 2. The highest BCUT2D eigenvalue weighted by Gasteiger charge is 2.30. The average molecular weight is 423 g/mol. The number of hydrogen-bond acceptors (Lipinski definition) is 4. The van der Waals surface area contributed by atoms with Crippen LogP contribution in [0, 0.1) is 6.92 Å². The van der Waals surface area contributed by atoms with E-state index in [1.807, 2.05) is 13.0 Å². The number of ketones is 1. The number of pyridine rings is 1. The number of aromatic amines is 1. The van der Waals surface area contributed by atoms with Gasteiger partial charge in [0.1, 0.15) is 5.69 Å². The number of nitrogens with zero attached hydrogens (tertiary/aromatic N) is 2. The normalized spacial score (nSPS) is 11.6. The van der Waals surface area contributed by atoms with Gasteiger partial charge in [-0.2, -0.15) is 18.3 Å². The molecule has 5 nitrogen and oxygen atoms in total. The number of aromatic nitrogens is 3. The van der Waals surface area contributed by atoms with Crippen molar-refractivity contribution in [1.29, 1.82) is 0 Å². The van der Waals surface area contributed by atoms with Gasteiger partial charge in [0, 0.05) is 22.9 Å². The van der Waals surface area contributed by atoms with Crippen LogP contribution in [0.5, 0.6) is 0 Å². The molecule has 0 atom stereocenters. The predicted molar refractivity (Wildman–Crippen MR) is 109 cm³/mol. The number of aryl methyl sites for hydroxylation is 1. The van der Waals surface area contributed by atoms with Crippen LogP contribution in [0.25, 0.3) is 22.3 Å². The Morgan fingerprint density at radius 1 is 1.10 bits per heavy atom. The number of hydrogen-bond donors (Lipinski definition) is 1. The van der Waals surface area contributed by atoms with E-state index in [-0.39, 0.29) is 12.0 Å². The van der Waals surface area contributed by atoms with E-state index < -0.39 is 17.5 Å². The predicted octanol–water partition coefficient (Wildman–Crippen LogP) is 5.19. The molecule has 0 saturated heterocycles. The quantitative estimate of drug-likeness (QED) is 0.354. The molecule has 0 fully saturated rings. The van der Waals surface area contributed by atoms with Crippen LogP contribution >= 0.6 is 0 Å². The molecule has 0 aliphatic carbocycles. The van der Waals surface area contributed by atoms with E-state index in [9.17, 15) is 22.8 Å². The molecule has 0 bridgehead atoms. The highest BCUT2D eigenvalue weighted by Crippen LogP contribution is 2.30. The highest BCUT2D eigenvalue weighted by atomic mass is 19.4. The average Bonchev–Trinajstić information content (AvgIpc) is 3.17. The fraction of sp³-hybridized carbons (Fsp3) is 0.130. The molecule has 0 aliphatic heterocycles. The van der Waals surface area contributed by atoms with Gasteiger partial charge < -0.3 is 0 Å². The van der Waals surface area contributed by atoms with E-state index in [1.54, 1.807) is 24.3 Å². The van der Waals surface area contributed by atoms with Gasteiger partial charge in [-0.1, -0.05) is 24.3 Å². The van der Waals surface area contributed by atoms with Crippen LogP contribution in [0.1, 0.15) is 37.5 Å². The number of alkyl halides is 3. The van der Waals surface area contributed by atoms with Gasteiger partial charge >= 0.3 is 6.18 Å². The summed E-state index contributed by atoms with van der Waals surface area (Å²) in [5.41, 5.74) is 2.84. The molecule has 31 heavy (non-hydrogen) atoms. The summed E-state index contributed by atoms with van der Waals surface area (Å²) in [6.07, 6.45) is -3.88. The first-order chi connectivity index (χ1) is 14.8. The fourth-order valence-corrected chi connectivity index (χ4v) is 3.37. The lowest BCUT2D eigenvalue weighted by molar-refractivity contribution is -0.137. The lowest BCUT2D eigenvalue weighted by Crippen LogP contribution is -2.09. The highest BCUT2D eigenvalue weighted by molar-refractivity contribution is 5.98. The topological polar surface area (TPSA) is 75.7 Å². The first-order valence-corrected chi connectivity index (χ1v) is 9.37. The van der Waals surface area contributed by atoms with E-state index >= 15 is 0 Å². The second-order valence-electron chi connectivity index (χ2n) is 7.15. The van der Waals surface area contributed by atoms with Crippen LogP contribution in [0.2, 0.25) is 0 Å². The number of carbonyl (C=O) groups is 2. The first-order valence-electron chi connectivity index (χ1n) is 9.37. The van der Waals surface area contributed by atoms with E-state index in [0.29, 0.717) is 34.3 Å². The summed E-state index contributed by atoms with van der Waals surface area (Å²) in [6.45, 7) is 1.89. The van der Waals surface area contributed by atoms with Crippen molar-refractivity contribution in [2.75, 3.05) is 0 Å². The number of halogens is 3. The summed E-state index contributed by atoms with van der Waals surface area (Å²) in [4.78, 5) is 28.1. The zero-order chi connectivity index (χ0) is 22.2. The van der Waals surface area contributed by atoms with E-state index in [1.165, 1.54) is 12.1 Å². The molecule has 2 aromatic heterocycles. The Labute approximate surface area is 174 Å². The zero-order valence-electron chi connectivity index (χ0n) is 16.3. The van der Waals surface area contributed by atoms with Crippen LogP contribution in [0.4, 0.5) is 13.2 Å². The molecule has 0 amide bonds. The number of nitrogens with one attached hydrogen (secondary N) is 1. The number of Topliss-reactive ketones (excluding diaryl/α,β-unsaturated/α-hetero) is 1. The van der Waals surface area contributed by atoms with Gasteiger partial charge in [0.2, 0.25) is 0 Å². The van der Waals surface area contributed by atoms with Gasteiger partial charge in [-0.3, -0.25) is 14.7 Å². The van der Waals surface area contributed by atoms with E-state index in [0.717, 1.165) is 23.3 Å². The van der Waals surface area contributed by atoms with Crippen LogP contribution in [-0.4, -0.2) is 27.3 Å². The Bertz CT molecular complexity index is 1310. The Morgan fingerprint density at radius 2 is 1.90 bits per heavy atom. The summed E-state index contributed by atoms with van der Waals surface area (Å²) in [5, 5.41) is 7.26. The molecule has 0 unspecified atom stereocenters. The summed E-state index contributed by atoms with van der Waals surface area (Å²) >= 11 is 0. The van der Waals surface area contributed by atoms with Crippen molar-refractivity contribution in [3.63, 3.8) is 0 Å². The Kier molecular flexibility index (Phi) is 5.14. The third-order valence-electron chi connectivity index (χ3n) is 5.02. The molecule has 1 N–H and O–H groups in total. The van der Waals surface area contributed by atoms with Crippen molar-refractivity contribution in [3.8, 4) is 11.3 Å². The maximum atomic E-state index is 12.9. The van der Waals surface area contributed by atoms with Crippen molar-refractivity contribution in [2.45, 2.75) is 19.5 Å². The molecule has 2 heterocycles. The van der Waals surface area contributed by atoms with Crippen LogP contribution < -0.4 is 0 Å². The molecule has 0 saturated carbocycles. The lowest BCUT2D eigenvalue weighted by Gasteiger charge is -2.10. The standard InChI is InChI=1S/C23H16F3N3O2/c1-13-5-6-14(10-21(31)15-3-2-4-16(11-15)23(24,25)26)9-18(13)19-8-7-17-20(12-30)28-29-22(17)27-19/h2-9,11-12H,10H2,1H3,(H,27,28,29). The summed E-state index contributed by atoms with van der Waals surface area (Å²) < 4.78 is 38.8. The van der Waals surface area contributed by atoms with Crippen LogP contribution in [0.15, 0.2) is 54.6 Å². The minimum atomic E-state index is -4.51. The van der Waals surface area contributed by atoms with E-state index in [2.05, 4.69) is 15.2 Å². The summed E-state index contributed by atoms with van der Waals surface area (Å²) in [5.74, 6) is -0.410. The summed E-state index contributed by atoms with van der Waals surface area (Å²) in [7, 11) is 0. The van der Waals surface area contributed by atoms with Crippen molar-refractivity contribution < 1.29 is 22.8 Å². The third-order valence-corrected chi connectivity index (χ3v) is 5.02. The van der Waals surface area contributed by atoms with Gasteiger partial charge in [-0.15, -0.1) is 0 Å². The molecule has 0 spiro atoms. The number of rotatable bonds is 5. The molecular formula is C23H16F3N3O2. The molecule has 4 aromatic rings. The lowest BCUT2D eigenvalue weighted by atomic mass is 9.96. The van der Waals surface area contributed by atoms with Gasteiger partial charge in [-0.05, 0) is 48.4 Å². The molecule has 2 aromatic carbocycles. The van der Waals surface area contributed by atoms with Crippen molar-refractivity contribution in [2.24, 2.45) is 0 Å². The molecule has 0 radical (unpaired) electrons.